The third-order valence-electron chi connectivity index (χ3n) is 10.1. The van der Waals surface area contributed by atoms with Crippen molar-refractivity contribution >= 4 is 38.6 Å². The zero-order chi connectivity index (χ0) is 34.7. The molecule has 0 radical (unpaired) electrons. The van der Waals surface area contributed by atoms with Crippen molar-refractivity contribution in [1.29, 1.82) is 0 Å². The Balaban J connectivity index is 1.05. The Morgan fingerprint density at radius 1 is 0.288 bits per heavy atom. The molecule has 0 saturated carbocycles. The summed E-state index contributed by atoms with van der Waals surface area (Å²) in [6, 6.07) is 76.8. The highest BCUT2D eigenvalue weighted by Crippen LogP contribution is 2.38. The second-order valence-corrected chi connectivity index (χ2v) is 13.4. The fourth-order valence-electron chi connectivity index (χ4n) is 7.45. The molecule has 0 heterocycles. The maximum absolute atomic E-state index is 2.36. The lowest BCUT2D eigenvalue weighted by Crippen LogP contribution is -2.10. The molecule has 246 valence electrons. The zero-order valence-corrected chi connectivity index (χ0v) is 28.9. The van der Waals surface area contributed by atoms with E-state index >= 15 is 0 Å². The fourth-order valence-corrected chi connectivity index (χ4v) is 7.45. The van der Waals surface area contributed by atoms with Gasteiger partial charge in [-0.15, -0.1) is 0 Å². The topological polar surface area (TPSA) is 3.24 Å². The van der Waals surface area contributed by atoms with E-state index in [4.69, 9.17) is 0 Å². The van der Waals surface area contributed by atoms with E-state index in [1.807, 2.05) is 0 Å². The molecule has 0 aliphatic carbocycles. The van der Waals surface area contributed by atoms with E-state index < -0.39 is 0 Å². The van der Waals surface area contributed by atoms with Crippen LogP contribution >= 0.6 is 0 Å². The van der Waals surface area contributed by atoms with Gasteiger partial charge in [0.25, 0.3) is 0 Å². The van der Waals surface area contributed by atoms with Gasteiger partial charge < -0.3 is 4.90 Å². The highest BCUT2D eigenvalue weighted by Gasteiger charge is 2.15. The first-order chi connectivity index (χ1) is 25.8. The Bertz CT molecular complexity index is 2520. The molecule has 0 aliphatic heterocycles. The molecule has 0 amide bonds. The highest BCUT2D eigenvalue weighted by atomic mass is 15.1. The molecule has 1 nitrogen and oxygen atoms in total. The summed E-state index contributed by atoms with van der Waals surface area (Å²) < 4.78 is 0. The van der Waals surface area contributed by atoms with Crippen molar-refractivity contribution in [3.63, 3.8) is 0 Å². The largest absolute Gasteiger partial charge is 0.310 e. The van der Waals surface area contributed by atoms with Gasteiger partial charge in [0.2, 0.25) is 0 Å². The second-order valence-electron chi connectivity index (χ2n) is 13.4. The molecular formula is C51H37N. The Morgan fingerprint density at radius 2 is 0.750 bits per heavy atom. The average Bonchev–Trinajstić information content (AvgIpc) is 3.23. The quantitative estimate of drug-likeness (QED) is 0.146. The van der Waals surface area contributed by atoms with Crippen molar-refractivity contribution in [3.05, 3.63) is 223 Å². The molecule has 0 bridgehead atoms. The van der Waals surface area contributed by atoms with Gasteiger partial charge in [0.05, 0.1) is 0 Å². The monoisotopic (exact) mass is 663 g/mol. The number of hydrogen-bond donors (Lipinski definition) is 0. The third-order valence-corrected chi connectivity index (χ3v) is 10.1. The highest BCUT2D eigenvalue weighted by molar-refractivity contribution is 6.09. The maximum Gasteiger partial charge on any atom is 0.0467 e. The van der Waals surface area contributed by atoms with Crippen molar-refractivity contribution in [1.82, 2.24) is 0 Å². The number of rotatable bonds is 8. The third kappa shape index (κ3) is 6.25. The summed E-state index contributed by atoms with van der Waals surface area (Å²) >= 11 is 0. The SMILES string of the molecule is c1ccc(-c2ccc(N(c3ccc(-c4ccccc4)cc3)c3cccc(-c4ccc(Cc5cc6ccccc6c6ccccc56)cc4)c3)cc2)cc1. The summed E-state index contributed by atoms with van der Waals surface area (Å²) in [5.74, 6) is 0. The molecule has 0 aromatic heterocycles. The number of nitrogens with zero attached hydrogens (tertiary/aromatic N) is 1. The van der Waals surface area contributed by atoms with Crippen molar-refractivity contribution in [2.24, 2.45) is 0 Å². The lowest BCUT2D eigenvalue weighted by Gasteiger charge is -2.26. The van der Waals surface area contributed by atoms with Gasteiger partial charge in [0.1, 0.15) is 0 Å². The minimum absolute atomic E-state index is 0.886. The summed E-state index contributed by atoms with van der Waals surface area (Å²) in [5.41, 5.74) is 13.2. The van der Waals surface area contributed by atoms with E-state index in [1.165, 1.54) is 66.1 Å². The van der Waals surface area contributed by atoms with Crippen LogP contribution in [0.1, 0.15) is 11.1 Å². The molecule has 1 heteroatoms. The number of hydrogen-bond acceptors (Lipinski definition) is 1. The number of anilines is 3. The first-order valence-electron chi connectivity index (χ1n) is 18.0. The Labute approximate surface area is 305 Å². The van der Waals surface area contributed by atoms with Crippen LogP contribution in [0.5, 0.6) is 0 Å². The van der Waals surface area contributed by atoms with Crippen LogP contribution in [-0.2, 0) is 6.42 Å². The van der Waals surface area contributed by atoms with Crippen LogP contribution in [0.2, 0.25) is 0 Å². The predicted molar refractivity (Wildman–Crippen MR) is 222 cm³/mol. The Morgan fingerprint density at radius 3 is 1.37 bits per heavy atom. The van der Waals surface area contributed by atoms with E-state index in [0.29, 0.717) is 0 Å². The molecule has 9 aromatic carbocycles. The molecule has 0 aliphatic rings. The van der Waals surface area contributed by atoms with Gasteiger partial charge >= 0.3 is 0 Å². The van der Waals surface area contributed by atoms with Gasteiger partial charge in [0.15, 0.2) is 0 Å². The van der Waals surface area contributed by atoms with Gasteiger partial charge in [-0.1, -0.05) is 176 Å². The molecule has 0 atom stereocenters. The maximum atomic E-state index is 2.36. The molecule has 0 spiro atoms. The summed E-state index contributed by atoms with van der Waals surface area (Å²) in [7, 11) is 0. The average molecular weight is 664 g/mol. The molecule has 9 aromatic rings. The summed E-state index contributed by atoms with van der Waals surface area (Å²) in [6.07, 6.45) is 0.886. The standard InChI is InChI=1S/C51H37N/c1-3-12-38(13-4-1)40-26-30-46(31-27-40)52(47-32-28-41(29-33-47)39-14-5-2-6-15-39)48-18-11-17-43(36-48)42-24-22-37(23-25-42)34-45-35-44-16-7-8-19-49(44)51-21-10-9-20-50(45)51/h1-33,35-36H,34H2. The van der Waals surface area contributed by atoms with Crippen LogP contribution in [0.25, 0.3) is 54.9 Å². The van der Waals surface area contributed by atoms with Crippen LogP contribution < -0.4 is 4.90 Å². The minimum atomic E-state index is 0.886. The first-order valence-corrected chi connectivity index (χ1v) is 18.0. The Kier molecular flexibility index (Phi) is 8.37. The summed E-state index contributed by atoms with van der Waals surface area (Å²) in [5, 5.41) is 5.24. The molecule has 9 rings (SSSR count). The lowest BCUT2D eigenvalue weighted by atomic mass is 9.93. The zero-order valence-electron chi connectivity index (χ0n) is 28.9. The van der Waals surface area contributed by atoms with Crippen LogP contribution in [0.4, 0.5) is 17.1 Å². The van der Waals surface area contributed by atoms with Crippen LogP contribution in [0.15, 0.2) is 212 Å². The summed E-state index contributed by atoms with van der Waals surface area (Å²) in [6.45, 7) is 0. The van der Waals surface area contributed by atoms with Gasteiger partial charge in [-0.2, -0.15) is 0 Å². The molecule has 0 unspecified atom stereocenters. The Hall–Kier alpha value is -6.70. The molecule has 52 heavy (non-hydrogen) atoms. The molecule has 0 saturated heterocycles. The van der Waals surface area contributed by atoms with E-state index in [9.17, 15) is 0 Å². The van der Waals surface area contributed by atoms with E-state index in [1.54, 1.807) is 0 Å². The van der Waals surface area contributed by atoms with E-state index in [0.717, 1.165) is 23.5 Å². The lowest BCUT2D eigenvalue weighted by molar-refractivity contribution is 1.22. The van der Waals surface area contributed by atoms with Gasteiger partial charge in [-0.25, -0.2) is 0 Å². The van der Waals surface area contributed by atoms with Crippen molar-refractivity contribution in [2.45, 2.75) is 6.42 Å². The van der Waals surface area contributed by atoms with Crippen molar-refractivity contribution in [3.8, 4) is 33.4 Å². The van der Waals surface area contributed by atoms with Crippen molar-refractivity contribution < 1.29 is 0 Å². The normalized spacial score (nSPS) is 11.2. The van der Waals surface area contributed by atoms with Crippen LogP contribution in [0.3, 0.4) is 0 Å². The number of benzene rings is 9. The van der Waals surface area contributed by atoms with Crippen molar-refractivity contribution in [2.75, 3.05) is 4.90 Å². The fraction of sp³-hybridized carbons (Fsp3) is 0.0196. The van der Waals surface area contributed by atoms with Crippen LogP contribution in [0, 0.1) is 0 Å². The van der Waals surface area contributed by atoms with Gasteiger partial charge in [-0.3, -0.25) is 0 Å². The minimum Gasteiger partial charge on any atom is -0.310 e. The predicted octanol–water partition coefficient (Wildman–Crippen LogP) is 14.1. The molecular weight excluding hydrogens is 627 g/mol. The number of fused-ring (bicyclic) bond motifs is 3. The van der Waals surface area contributed by atoms with Gasteiger partial charge in [0, 0.05) is 17.1 Å². The van der Waals surface area contributed by atoms with E-state index in [2.05, 4.69) is 217 Å². The molecule has 0 fully saturated rings. The molecule has 0 N–H and O–H groups in total. The smallest absolute Gasteiger partial charge is 0.0467 e. The van der Waals surface area contributed by atoms with Gasteiger partial charge in [-0.05, 0) is 109 Å². The first kappa shape index (κ1) is 31.3. The summed E-state index contributed by atoms with van der Waals surface area (Å²) in [4.78, 5) is 2.35. The van der Waals surface area contributed by atoms with Crippen LogP contribution in [-0.4, -0.2) is 0 Å². The van der Waals surface area contributed by atoms with E-state index in [-0.39, 0.29) is 0 Å². The second kappa shape index (κ2) is 13.9.